The summed E-state index contributed by atoms with van der Waals surface area (Å²) in [4.78, 5) is 17.0. The van der Waals surface area contributed by atoms with Crippen molar-refractivity contribution in [3.63, 3.8) is 0 Å². The monoisotopic (exact) mass is 262 g/mol. The molecule has 3 heterocycles. The third-order valence-corrected chi connectivity index (χ3v) is 4.26. The number of rotatable bonds is 2. The quantitative estimate of drug-likeness (QED) is 0.648. The third-order valence-electron chi connectivity index (χ3n) is 4.26. The molecule has 3 rings (SSSR count). The summed E-state index contributed by atoms with van der Waals surface area (Å²) in [6.45, 7) is 1.89. The molecule has 2 fully saturated rings. The number of hydrogen-bond acceptors (Lipinski definition) is 5. The van der Waals surface area contributed by atoms with Crippen molar-refractivity contribution in [1.29, 1.82) is 0 Å². The fourth-order valence-electron chi connectivity index (χ4n) is 3.49. The molecule has 0 radical (unpaired) electrons. The number of piperidine rings is 1. The van der Waals surface area contributed by atoms with Crippen LogP contribution in [0.4, 0.5) is 11.5 Å². The maximum Gasteiger partial charge on any atom is 0.287 e. The Morgan fingerprint density at radius 2 is 2.05 bits per heavy atom. The summed E-state index contributed by atoms with van der Waals surface area (Å²) in [6, 6.07) is 2.78. The second-order valence-electron chi connectivity index (χ2n) is 5.61. The van der Waals surface area contributed by atoms with Crippen molar-refractivity contribution in [2.45, 2.75) is 50.7 Å². The Morgan fingerprint density at radius 1 is 1.42 bits per heavy atom. The van der Waals surface area contributed by atoms with Crippen LogP contribution in [0.1, 0.15) is 31.2 Å². The SMILES string of the molecule is Cc1cc([N+](=O)[O-])cnc1N1C2CCC1CC(N)C2. The molecule has 2 unspecified atom stereocenters. The van der Waals surface area contributed by atoms with Crippen LogP contribution in [-0.4, -0.2) is 28.0 Å². The first-order chi connectivity index (χ1) is 9.06. The minimum absolute atomic E-state index is 0.0577. The van der Waals surface area contributed by atoms with E-state index in [4.69, 9.17) is 5.73 Å². The van der Waals surface area contributed by atoms with Gasteiger partial charge in [-0.3, -0.25) is 10.1 Å². The highest BCUT2D eigenvalue weighted by Crippen LogP contribution is 2.39. The number of nitrogens with two attached hydrogens (primary N) is 1. The van der Waals surface area contributed by atoms with Gasteiger partial charge in [0.15, 0.2) is 0 Å². The van der Waals surface area contributed by atoms with Crippen LogP contribution in [0.15, 0.2) is 12.3 Å². The van der Waals surface area contributed by atoms with Crippen LogP contribution in [-0.2, 0) is 0 Å². The van der Waals surface area contributed by atoms with Crippen LogP contribution >= 0.6 is 0 Å². The van der Waals surface area contributed by atoms with Crippen LogP contribution < -0.4 is 10.6 Å². The summed E-state index contributed by atoms with van der Waals surface area (Å²) in [5.74, 6) is 0.894. The average Bonchev–Trinajstić information content (AvgIpc) is 2.62. The van der Waals surface area contributed by atoms with Gasteiger partial charge in [0.25, 0.3) is 5.69 Å². The minimum Gasteiger partial charge on any atom is -0.350 e. The Labute approximate surface area is 111 Å². The number of hydrogen-bond donors (Lipinski definition) is 1. The van der Waals surface area contributed by atoms with E-state index in [2.05, 4.69) is 9.88 Å². The molecule has 6 nitrogen and oxygen atoms in total. The Hall–Kier alpha value is -1.69. The maximum atomic E-state index is 10.8. The first-order valence-electron chi connectivity index (χ1n) is 6.71. The van der Waals surface area contributed by atoms with Crippen molar-refractivity contribution >= 4 is 11.5 Å². The molecular formula is C13H18N4O2. The van der Waals surface area contributed by atoms with Crippen molar-refractivity contribution in [1.82, 2.24) is 4.98 Å². The lowest BCUT2D eigenvalue weighted by molar-refractivity contribution is -0.385. The van der Waals surface area contributed by atoms with Crippen molar-refractivity contribution in [3.05, 3.63) is 27.9 Å². The number of aryl methyl sites for hydroxylation is 1. The Bertz CT molecular complexity index is 505. The molecule has 1 aromatic heterocycles. The van der Waals surface area contributed by atoms with Gasteiger partial charge in [-0.15, -0.1) is 0 Å². The lowest BCUT2D eigenvalue weighted by Crippen LogP contribution is -2.48. The third kappa shape index (κ3) is 2.06. The molecule has 2 aliphatic rings. The van der Waals surface area contributed by atoms with E-state index in [1.165, 1.54) is 6.20 Å². The summed E-state index contributed by atoms with van der Waals surface area (Å²) >= 11 is 0. The van der Waals surface area contributed by atoms with E-state index in [0.717, 1.165) is 37.1 Å². The Kier molecular flexibility index (Phi) is 2.89. The molecule has 0 amide bonds. The van der Waals surface area contributed by atoms with Gasteiger partial charge in [0.1, 0.15) is 12.0 Å². The van der Waals surface area contributed by atoms with Gasteiger partial charge < -0.3 is 10.6 Å². The molecular weight excluding hydrogens is 244 g/mol. The number of aromatic nitrogens is 1. The van der Waals surface area contributed by atoms with E-state index in [0.29, 0.717) is 12.1 Å². The van der Waals surface area contributed by atoms with Gasteiger partial charge in [0.05, 0.1) is 4.92 Å². The van der Waals surface area contributed by atoms with Crippen molar-refractivity contribution in [3.8, 4) is 0 Å². The predicted molar refractivity (Wildman–Crippen MR) is 72.1 cm³/mol. The fraction of sp³-hybridized carbons (Fsp3) is 0.615. The zero-order chi connectivity index (χ0) is 13.6. The molecule has 2 aliphatic heterocycles. The second-order valence-corrected chi connectivity index (χ2v) is 5.61. The highest BCUT2D eigenvalue weighted by Gasteiger charge is 2.40. The second kappa shape index (κ2) is 4.45. The molecule has 2 atom stereocenters. The molecule has 2 saturated heterocycles. The molecule has 1 aromatic rings. The molecule has 19 heavy (non-hydrogen) atoms. The number of pyridine rings is 1. The van der Waals surface area contributed by atoms with Crippen LogP contribution in [0, 0.1) is 17.0 Å². The first kappa shape index (κ1) is 12.3. The number of fused-ring (bicyclic) bond motifs is 2. The summed E-state index contributed by atoms with van der Waals surface area (Å²) in [7, 11) is 0. The van der Waals surface area contributed by atoms with Crippen molar-refractivity contribution < 1.29 is 4.92 Å². The van der Waals surface area contributed by atoms with E-state index in [1.54, 1.807) is 6.07 Å². The highest BCUT2D eigenvalue weighted by molar-refractivity contribution is 5.53. The van der Waals surface area contributed by atoms with Gasteiger partial charge in [0, 0.05) is 24.2 Å². The van der Waals surface area contributed by atoms with Crippen LogP contribution in [0.2, 0.25) is 0 Å². The van der Waals surface area contributed by atoms with Crippen LogP contribution in [0.3, 0.4) is 0 Å². The van der Waals surface area contributed by atoms with E-state index in [-0.39, 0.29) is 11.7 Å². The summed E-state index contributed by atoms with van der Waals surface area (Å²) in [5, 5.41) is 10.8. The highest BCUT2D eigenvalue weighted by atomic mass is 16.6. The van der Waals surface area contributed by atoms with Crippen LogP contribution in [0.25, 0.3) is 0 Å². The first-order valence-corrected chi connectivity index (χ1v) is 6.71. The standard InChI is InChI=1S/C13H18N4O2/c1-8-4-12(17(18)19)7-15-13(8)16-10-2-3-11(16)6-9(14)5-10/h4,7,9-11H,2-3,5-6,14H2,1H3. The fourth-order valence-corrected chi connectivity index (χ4v) is 3.49. The van der Waals surface area contributed by atoms with E-state index in [1.807, 2.05) is 6.92 Å². The molecule has 6 heteroatoms. The smallest absolute Gasteiger partial charge is 0.287 e. The minimum atomic E-state index is -0.398. The van der Waals surface area contributed by atoms with Gasteiger partial charge in [0.2, 0.25) is 0 Å². The Morgan fingerprint density at radius 3 is 2.58 bits per heavy atom. The average molecular weight is 262 g/mol. The van der Waals surface area contributed by atoms with Crippen molar-refractivity contribution in [2.24, 2.45) is 5.73 Å². The lowest BCUT2D eigenvalue weighted by Gasteiger charge is -2.39. The van der Waals surface area contributed by atoms with Crippen LogP contribution in [0.5, 0.6) is 0 Å². The van der Waals surface area contributed by atoms with E-state index in [9.17, 15) is 10.1 Å². The summed E-state index contributed by atoms with van der Waals surface area (Å²) < 4.78 is 0. The largest absolute Gasteiger partial charge is 0.350 e. The van der Waals surface area contributed by atoms with E-state index >= 15 is 0 Å². The normalized spacial score (nSPS) is 29.6. The molecule has 2 bridgehead atoms. The van der Waals surface area contributed by atoms with E-state index < -0.39 is 4.92 Å². The molecule has 0 aliphatic carbocycles. The number of nitrogens with zero attached hydrogens (tertiary/aromatic N) is 3. The van der Waals surface area contributed by atoms with Gasteiger partial charge in [-0.2, -0.15) is 0 Å². The zero-order valence-electron chi connectivity index (χ0n) is 11.0. The lowest BCUT2D eigenvalue weighted by atomic mass is 9.97. The van der Waals surface area contributed by atoms with Crippen molar-refractivity contribution in [2.75, 3.05) is 4.90 Å². The number of nitro groups is 1. The maximum absolute atomic E-state index is 10.8. The van der Waals surface area contributed by atoms with Gasteiger partial charge in [-0.1, -0.05) is 0 Å². The molecule has 2 N–H and O–H groups in total. The Balaban J connectivity index is 1.93. The topological polar surface area (TPSA) is 85.3 Å². The zero-order valence-corrected chi connectivity index (χ0v) is 11.0. The number of anilines is 1. The molecule has 102 valence electrons. The summed E-state index contributed by atoms with van der Waals surface area (Å²) in [5.41, 5.74) is 7.00. The van der Waals surface area contributed by atoms with Gasteiger partial charge in [-0.05, 0) is 38.2 Å². The predicted octanol–water partition coefficient (Wildman–Crippen LogP) is 1.76. The molecule has 0 saturated carbocycles. The molecule has 0 aromatic carbocycles. The molecule has 0 spiro atoms. The van der Waals surface area contributed by atoms with Gasteiger partial charge >= 0.3 is 0 Å². The summed E-state index contributed by atoms with van der Waals surface area (Å²) in [6.07, 6.45) is 5.65. The van der Waals surface area contributed by atoms with Gasteiger partial charge in [-0.25, -0.2) is 4.98 Å².